The lowest BCUT2D eigenvalue weighted by atomic mass is 10.4. The van der Waals surface area contributed by atoms with Crippen molar-refractivity contribution >= 4 is 16.0 Å². The molecule has 0 unspecified atom stereocenters. The van der Waals surface area contributed by atoms with Crippen LogP contribution in [0.4, 0.5) is 0 Å². The maximum absolute atomic E-state index is 12.4. The molecule has 1 saturated carbocycles. The maximum atomic E-state index is 12.4. The molecule has 9 heteroatoms. The standard InChI is InChI=1S/C18H37N5O3S/c1-5-21(17-6-7-17)9-8-20-18(19-4)22-10-12-23(13-11-22)27(24,25)15-14-26-16(2)3/h16-17H,5-15H2,1-4H3,(H,19,20). The molecule has 0 spiro atoms. The summed E-state index contributed by atoms with van der Waals surface area (Å²) in [5.74, 6) is 0.911. The Bertz CT molecular complexity index is 570. The number of sulfonamides is 1. The second kappa shape index (κ2) is 10.6. The molecule has 0 bridgehead atoms. The molecule has 0 amide bonds. The summed E-state index contributed by atoms with van der Waals surface area (Å²) in [5, 5.41) is 3.43. The van der Waals surface area contributed by atoms with Gasteiger partial charge in [0.15, 0.2) is 5.96 Å². The van der Waals surface area contributed by atoms with Crippen molar-refractivity contribution in [2.45, 2.75) is 45.8 Å². The van der Waals surface area contributed by atoms with Gasteiger partial charge in [0.25, 0.3) is 0 Å². The highest BCUT2D eigenvalue weighted by Gasteiger charge is 2.29. The zero-order valence-electron chi connectivity index (χ0n) is 17.4. The molecule has 0 aromatic carbocycles. The molecule has 158 valence electrons. The van der Waals surface area contributed by atoms with Crippen LogP contribution < -0.4 is 5.32 Å². The molecule has 1 aliphatic carbocycles. The van der Waals surface area contributed by atoms with Gasteiger partial charge in [0, 0.05) is 52.4 Å². The molecule has 0 atom stereocenters. The molecule has 2 fully saturated rings. The molecule has 2 aliphatic rings. The van der Waals surface area contributed by atoms with Crippen LogP contribution in [0.3, 0.4) is 0 Å². The van der Waals surface area contributed by atoms with Gasteiger partial charge < -0.3 is 15.0 Å². The Balaban J connectivity index is 1.74. The highest BCUT2D eigenvalue weighted by atomic mass is 32.2. The van der Waals surface area contributed by atoms with Crippen molar-refractivity contribution in [2.75, 3.05) is 65.2 Å². The number of rotatable bonds is 10. The summed E-state index contributed by atoms with van der Waals surface area (Å²) < 4.78 is 31.8. The zero-order valence-corrected chi connectivity index (χ0v) is 18.2. The van der Waals surface area contributed by atoms with Gasteiger partial charge in [0.2, 0.25) is 10.0 Å². The number of hydrogen-bond acceptors (Lipinski definition) is 5. The largest absolute Gasteiger partial charge is 0.378 e. The fraction of sp³-hybridized carbons (Fsp3) is 0.944. The summed E-state index contributed by atoms with van der Waals surface area (Å²) in [6, 6.07) is 0.771. The zero-order chi connectivity index (χ0) is 19.9. The van der Waals surface area contributed by atoms with E-state index in [0.717, 1.165) is 31.6 Å². The van der Waals surface area contributed by atoms with Crippen molar-refractivity contribution in [1.29, 1.82) is 0 Å². The average Bonchev–Trinajstić information content (AvgIpc) is 3.47. The first-order valence-electron chi connectivity index (χ1n) is 10.2. The van der Waals surface area contributed by atoms with E-state index in [-0.39, 0.29) is 18.5 Å². The Hall–Kier alpha value is -0.900. The monoisotopic (exact) mass is 403 g/mol. The molecule has 0 aromatic heterocycles. The second-order valence-corrected chi connectivity index (χ2v) is 9.54. The second-order valence-electron chi connectivity index (χ2n) is 7.46. The van der Waals surface area contributed by atoms with Crippen LogP contribution in [0.1, 0.15) is 33.6 Å². The fourth-order valence-electron chi connectivity index (χ4n) is 3.38. The number of nitrogens with zero attached hydrogens (tertiary/aromatic N) is 4. The molecule has 1 saturated heterocycles. The van der Waals surface area contributed by atoms with Gasteiger partial charge in [-0.3, -0.25) is 9.89 Å². The van der Waals surface area contributed by atoms with Crippen molar-refractivity contribution in [2.24, 2.45) is 4.99 Å². The lowest BCUT2D eigenvalue weighted by molar-refractivity contribution is 0.0904. The number of ether oxygens (including phenoxy) is 1. The van der Waals surface area contributed by atoms with E-state index < -0.39 is 10.0 Å². The van der Waals surface area contributed by atoms with E-state index >= 15 is 0 Å². The molecular formula is C18H37N5O3S. The number of aliphatic imine (C=N–C) groups is 1. The molecule has 1 N–H and O–H groups in total. The molecule has 8 nitrogen and oxygen atoms in total. The van der Waals surface area contributed by atoms with E-state index in [1.807, 2.05) is 13.8 Å². The van der Waals surface area contributed by atoms with Crippen LogP contribution in [-0.4, -0.2) is 106 Å². The van der Waals surface area contributed by atoms with Crippen molar-refractivity contribution in [3.8, 4) is 0 Å². The minimum Gasteiger partial charge on any atom is -0.378 e. The van der Waals surface area contributed by atoms with Crippen LogP contribution >= 0.6 is 0 Å². The number of hydrogen-bond donors (Lipinski definition) is 1. The first-order valence-corrected chi connectivity index (χ1v) is 11.8. The third-order valence-electron chi connectivity index (χ3n) is 5.09. The molecular weight excluding hydrogens is 366 g/mol. The van der Waals surface area contributed by atoms with Crippen LogP contribution in [0.15, 0.2) is 4.99 Å². The minimum absolute atomic E-state index is 0.0478. The highest BCUT2D eigenvalue weighted by molar-refractivity contribution is 7.89. The van der Waals surface area contributed by atoms with Gasteiger partial charge in [-0.05, 0) is 33.2 Å². The van der Waals surface area contributed by atoms with E-state index in [2.05, 4.69) is 27.0 Å². The van der Waals surface area contributed by atoms with Crippen molar-refractivity contribution in [3.05, 3.63) is 0 Å². The predicted octanol–water partition coefficient (Wildman–Crippen LogP) is 0.419. The summed E-state index contributed by atoms with van der Waals surface area (Å²) in [5.41, 5.74) is 0. The smallest absolute Gasteiger partial charge is 0.216 e. The summed E-state index contributed by atoms with van der Waals surface area (Å²) >= 11 is 0. The quantitative estimate of drug-likeness (QED) is 0.421. The van der Waals surface area contributed by atoms with Crippen LogP contribution in [0, 0.1) is 0 Å². The number of piperazine rings is 1. The van der Waals surface area contributed by atoms with Crippen molar-refractivity contribution in [3.63, 3.8) is 0 Å². The molecule has 27 heavy (non-hydrogen) atoms. The van der Waals surface area contributed by atoms with Crippen molar-refractivity contribution < 1.29 is 13.2 Å². The first kappa shape index (κ1) is 22.4. The Morgan fingerprint density at radius 3 is 2.44 bits per heavy atom. The van der Waals surface area contributed by atoms with Crippen molar-refractivity contribution in [1.82, 2.24) is 19.4 Å². The number of guanidine groups is 1. The summed E-state index contributed by atoms with van der Waals surface area (Å²) in [4.78, 5) is 9.02. The van der Waals surface area contributed by atoms with E-state index in [9.17, 15) is 8.42 Å². The Morgan fingerprint density at radius 1 is 1.26 bits per heavy atom. The summed E-state index contributed by atoms with van der Waals surface area (Å²) in [6.07, 6.45) is 2.69. The van der Waals surface area contributed by atoms with E-state index in [0.29, 0.717) is 26.2 Å². The van der Waals surface area contributed by atoms with Gasteiger partial charge in [0.1, 0.15) is 0 Å². The van der Waals surface area contributed by atoms with Gasteiger partial charge in [-0.15, -0.1) is 0 Å². The SMILES string of the molecule is CCN(CCNC(=NC)N1CCN(S(=O)(=O)CCOC(C)C)CC1)C1CC1. The third-order valence-corrected chi connectivity index (χ3v) is 6.92. The normalized spacial score (nSPS) is 19.9. The molecule has 0 radical (unpaired) electrons. The third kappa shape index (κ3) is 7.21. The summed E-state index contributed by atoms with van der Waals surface area (Å²) in [6.45, 7) is 11.5. The summed E-state index contributed by atoms with van der Waals surface area (Å²) in [7, 11) is -1.47. The van der Waals surface area contributed by atoms with Gasteiger partial charge in [-0.25, -0.2) is 8.42 Å². The van der Waals surface area contributed by atoms with Crippen LogP contribution in [0.5, 0.6) is 0 Å². The molecule has 0 aromatic rings. The molecule has 1 heterocycles. The Morgan fingerprint density at radius 2 is 1.93 bits per heavy atom. The molecule has 1 aliphatic heterocycles. The van der Waals surface area contributed by atoms with Gasteiger partial charge in [0.05, 0.1) is 18.5 Å². The first-order chi connectivity index (χ1) is 12.9. The van der Waals surface area contributed by atoms with E-state index in [4.69, 9.17) is 4.74 Å². The van der Waals surface area contributed by atoms with Gasteiger partial charge in [-0.2, -0.15) is 4.31 Å². The lowest BCUT2D eigenvalue weighted by Crippen LogP contribution is -2.54. The Labute approximate surface area is 165 Å². The number of likely N-dealkylation sites (N-methyl/N-ethyl adjacent to an activating group) is 1. The number of nitrogens with one attached hydrogen (secondary N) is 1. The predicted molar refractivity (Wildman–Crippen MR) is 110 cm³/mol. The topological polar surface area (TPSA) is 77.5 Å². The van der Waals surface area contributed by atoms with E-state index in [1.165, 1.54) is 12.8 Å². The van der Waals surface area contributed by atoms with E-state index in [1.54, 1.807) is 11.4 Å². The maximum Gasteiger partial charge on any atom is 0.216 e. The minimum atomic E-state index is -3.25. The Kier molecular flexibility index (Phi) is 8.78. The fourth-order valence-corrected chi connectivity index (χ4v) is 4.66. The van der Waals surface area contributed by atoms with Crippen LogP contribution in [0.2, 0.25) is 0 Å². The van der Waals surface area contributed by atoms with Crippen LogP contribution in [0.25, 0.3) is 0 Å². The van der Waals surface area contributed by atoms with Crippen LogP contribution in [-0.2, 0) is 14.8 Å². The van der Waals surface area contributed by atoms with Gasteiger partial charge in [-0.1, -0.05) is 6.92 Å². The molecule has 2 rings (SSSR count). The van der Waals surface area contributed by atoms with Gasteiger partial charge >= 0.3 is 0 Å². The lowest BCUT2D eigenvalue weighted by Gasteiger charge is -2.36. The highest BCUT2D eigenvalue weighted by Crippen LogP contribution is 2.25. The average molecular weight is 404 g/mol.